The Morgan fingerprint density at radius 1 is 1.41 bits per heavy atom. The highest BCUT2D eigenvalue weighted by Gasteiger charge is 2.25. The second-order valence-electron chi connectivity index (χ2n) is 5.76. The van der Waals surface area contributed by atoms with Gasteiger partial charge in [0.25, 0.3) is 5.91 Å². The summed E-state index contributed by atoms with van der Waals surface area (Å²) in [5, 5.41) is 1.09. The Labute approximate surface area is 134 Å². The molecule has 2 aromatic rings. The van der Waals surface area contributed by atoms with E-state index in [-0.39, 0.29) is 11.9 Å². The van der Waals surface area contributed by atoms with Crippen LogP contribution in [0.1, 0.15) is 18.0 Å². The molecule has 1 amide bonds. The average Bonchev–Trinajstić information content (AvgIpc) is 2.98. The molecule has 1 fully saturated rings. The number of hydrogen-bond acceptors (Lipinski definition) is 4. The van der Waals surface area contributed by atoms with Crippen LogP contribution >= 0.6 is 11.3 Å². The van der Waals surface area contributed by atoms with Gasteiger partial charge in [0.2, 0.25) is 0 Å². The van der Waals surface area contributed by atoms with Gasteiger partial charge < -0.3 is 14.5 Å². The Hall–Kier alpha value is -1.50. The molecule has 1 saturated heterocycles. The van der Waals surface area contributed by atoms with Gasteiger partial charge in [0.1, 0.15) is 6.04 Å². The average molecular weight is 320 g/mol. The number of morpholine rings is 1. The minimum Gasteiger partial charge on any atom is -0.378 e. The number of para-hydroxylation sites is 1. The smallest absolute Gasteiger partial charge is 0.277 e. The molecule has 1 aliphatic rings. The predicted molar refractivity (Wildman–Crippen MR) is 87.2 cm³/mol. The first-order valence-corrected chi connectivity index (χ1v) is 8.50. The standard InChI is InChI=1S/C16H21N3O2S/c1-12(16-17-13-5-3-4-6-14(13)22-16)18(2)11-15(20)19-7-9-21-10-8-19/h3-6,12H,7-11H2,1-2H3/p+1/t12-/m0/s1. The molecule has 3 rings (SSSR count). The number of aromatic nitrogens is 1. The number of nitrogens with zero attached hydrogens (tertiary/aromatic N) is 2. The number of carbonyl (C=O) groups is 1. The lowest BCUT2D eigenvalue weighted by molar-refractivity contribution is -0.902. The second kappa shape index (κ2) is 6.73. The van der Waals surface area contributed by atoms with Crippen molar-refractivity contribution in [2.75, 3.05) is 39.9 Å². The van der Waals surface area contributed by atoms with Crippen molar-refractivity contribution < 1.29 is 14.4 Å². The zero-order chi connectivity index (χ0) is 15.5. The third kappa shape index (κ3) is 3.29. The highest BCUT2D eigenvalue weighted by Crippen LogP contribution is 2.24. The van der Waals surface area contributed by atoms with Crippen molar-refractivity contribution in [3.63, 3.8) is 0 Å². The fourth-order valence-electron chi connectivity index (χ4n) is 2.60. The van der Waals surface area contributed by atoms with E-state index in [1.165, 1.54) is 9.60 Å². The monoisotopic (exact) mass is 320 g/mol. The Balaban J connectivity index is 1.65. The van der Waals surface area contributed by atoms with Crippen LogP contribution in [0.3, 0.4) is 0 Å². The maximum atomic E-state index is 12.3. The summed E-state index contributed by atoms with van der Waals surface area (Å²) in [5.41, 5.74) is 1.04. The van der Waals surface area contributed by atoms with Crippen LogP contribution in [0.15, 0.2) is 24.3 Å². The van der Waals surface area contributed by atoms with Crippen molar-refractivity contribution in [2.24, 2.45) is 0 Å². The van der Waals surface area contributed by atoms with Gasteiger partial charge in [-0.15, -0.1) is 11.3 Å². The third-order valence-electron chi connectivity index (χ3n) is 4.21. The largest absolute Gasteiger partial charge is 0.378 e. The SMILES string of the molecule is C[C@@H](c1nc2ccccc2s1)[NH+](C)CC(=O)N1CCOCC1. The van der Waals surface area contributed by atoms with Crippen molar-refractivity contribution in [1.29, 1.82) is 0 Å². The molecule has 0 spiro atoms. The number of hydrogen-bond donors (Lipinski definition) is 1. The molecule has 2 heterocycles. The molecule has 1 aromatic carbocycles. The van der Waals surface area contributed by atoms with Crippen molar-refractivity contribution in [2.45, 2.75) is 13.0 Å². The van der Waals surface area contributed by atoms with Gasteiger partial charge in [0.15, 0.2) is 11.6 Å². The Bertz CT molecular complexity index is 619. The number of quaternary nitrogens is 1. The van der Waals surface area contributed by atoms with Crippen LogP contribution in [0.4, 0.5) is 0 Å². The molecule has 0 saturated carbocycles. The van der Waals surface area contributed by atoms with Crippen LogP contribution in [0.5, 0.6) is 0 Å². The Morgan fingerprint density at radius 2 is 2.14 bits per heavy atom. The number of carbonyl (C=O) groups excluding carboxylic acids is 1. The lowest BCUT2D eigenvalue weighted by atomic mass is 10.3. The van der Waals surface area contributed by atoms with E-state index in [9.17, 15) is 4.79 Å². The topological polar surface area (TPSA) is 46.9 Å². The molecular formula is C16H22N3O2S+. The predicted octanol–water partition coefficient (Wildman–Crippen LogP) is 0.731. The summed E-state index contributed by atoms with van der Waals surface area (Å²) < 4.78 is 6.50. The molecule has 5 nitrogen and oxygen atoms in total. The van der Waals surface area contributed by atoms with Gasteiger partial charge in [-0.3, -0.25) is 4.79 Å². The third-order valence-corrected chi connectivity index (χ3v) is 5.43. The quantitative estimate of drug-likeness (QED) is 0.903. The lowest BCUT2D eigenvalue weighted by Gasteiger charge is -2.28. The molecule has 1 aliphatic heterocycles. The zero-order valence-electron chi connectivity index (χ0n) is 13.0. The fourth-order valence-corrected chi connectivity index (χ4v) is 3.71. The first-order valence-electron chi connectivity index (χ1n) is 7.68. The van der Waals surface area contributed by atoms with E-state index in [0.717, 1.165) is 10.5 Å². The summed E-state index contributed by atoms with van der Waals surface area (Å²) in [7, 11) is 2.06. The number of fused-ring (bicyclic) bond motifs is 1. The number of rotatable bonds is 4. The Morgan fingerprint density at radius 3 is 2.86 bits per heavy atom. The number of amides is 1. The van der Waals surface area contributed by atoms with Gasteiger partial charge in [-0.25, -0.2) is 4.98 Å². The molecule has 2 atom stereocenters. The minimum atomic E-state index is 0.203. The normalized spacial score (nSPS) is 18.4. The van der Waals surface area contributed by atoms with Crippen molar-refractivity contribution in [3.05, 3.63) is 29.3 Å². The van der Waals surface area contributed by atoms with Gasteiger partial charge in [0, 0.05) is 13.1 Å². The zero-order valence-corrected chi connectivity index (χ0v) is 13.9. The molecule has 1 N–H and O–H groups in total. The lowest BCUT2D eigenvalue weighted by Crippen LogP contribution is -3.10. The molecule has 0 bridgehead atoms. The van der Waals surface area contributed by atoms with Crippen molar-refractivity contribution >= 4 is 27.5 Å². The highest BCUT2D eigenvalue weighted by molar-refractivity contribution is 7.18. The maximum absolute atomic E-state index is 12.3. The van der Waals surface area contributed by atoms with E-state index < -0.39 is 0 Å². The van der Waals surface area contributed by atoms with Crippen LogP contribution in [-0.4, -0.2) is 55.7 Å². The number of benzene rings is 1. The minimum absolute atomic E-state index is 0.203. The second-order valence-corrected chi connectivity index (χ2v) is 6.82. The maximum Gasteiger partial charge on any atom is 0.277 e. The summed E-state index contributed by atoms with van der Waals surface area (Å²) in [5.74, 6) is 0.203. The van der Waals surface area contributed by atoms with Crippen LogP contribution in [0, 0.1) is 0 Å². The summed E-state index contributed by atoms with van der Waals surface area (Å²) in [6.45, 7) is 5.36. The molecule has 6 heteroatoms. The van der Waals surface area contributed by atoms with E-state index in [0.29, 0.717) is 32.8 Å². The van der Waals surface area contributed by atoms with Gasteiger partial charge in [-0.1, -0.05) is 12.1 Å². The number of likely N-dealkylation sites (N-methyl/N-ethyl adjacent to an activating group) is 1. The van der Waals surface area contributed by atoms with Gasteiger partial charge in [0.05, 0.1) is 30.5 Å². The van der Waals surface area contributed by atoms with E-state index in [1.54, 1.807) is 11.3 Å². The fraction of sp³-hybridized carbons (Fsp3) is 0.500. The highest BCUT2D eigenvalue weighted by atomic mass is 32.1. The van der Waals surface area contributed by atoms with Gasteiger partial charge in [-0.05, 0) is 19.1 Å². The first kappa shape index (κ1) is 15.4. The summed E-state index contributed by atoms with van der Waals surface area (Å²) in [4.78, 5) is 20.1. The summed E-state index contributed by atoms with van der Waals surface area (Å²) in [6.07, 6.45) is 0. The van der Waals surface area contributed by atoms with E-state index in [4.69, 9.17) is 9.72 Å². The van der Waals surface area contributed by atoms with Crippen LogP contribution < -0.4 is 4.90 Å². The number of nitrogens with one attached hydrogen (secondary N) is 1. The van der Waals surface area contributed by atoms with Crippen LogP contribution in [0.25, 0.3) is 10.2 Å². The molecule has 22 heavy (non-hydrogen) atoms. The molecule has 0 radical (unpaired) electrons. The molecular weight excluding hydrogens is 298 g/mol. The number of thiazole rings is 1. The van der Waals surface area contributed by atoms with Gasteiger partial charge >= 0.3 is 0 Å². The van der Waals surface area contributed by atoms with E-state index >= 15 is 0 Å². The molecule has 1 unspecified atom stereocenters. The van der Waals surface area contributed by atoms with Crippen LogP contribution in [0.2, 0.25) is 0 Å². The molecule has 118 valence electrons. The van der Waals surface area contributed by atoms with Gasteiger partial charge in [-0.2, -0.15) is 0 Å². The summed E-state index contributed by atoms with van der Waals surface area (Å²) >= 11 is 1.72. The molecule has 0 aliphatic carbocycles. The first-order chi connectivity index (χ1) is 10.6. The van der Waals surface area contributed by atoms with Crippen molar-refractivity contribution in [3.8, 4) is 0 Å². The Kier molecular flexibility index (Phi) is 4.71. The van der Waals surface area contributed by atoms with E-state index in [1.807, 2.05) is 23.1 Å². The molecule has 1 aromatic heterocycles. The van der Waals surface area contributed by atoms with Crippen molar-refractivity contribution in [1.82, 2.24) is 9.88 Å². The van der Waals surface area contributed by atoms with Crippen LogP contribution in [-0.2, 0) is 9.53 Å². The summed E-state index contributed by atoms with van der Waals surface area (Å²) in [6, 6.07) is 8.39. The van der Waals surface area contributed by atoms with E-state index in [2.05, 4.69) is 20.0 Å². The number of ether oxygens (including phenoxy) is 1.